The van der Waals surface area contributed by atoms with Crippen molar-refractivity contribution in [1.29, 1.82) is 0 Å². The Bertz CT molecular complexity index is 424. The van der Waals surface area contributed by atoms with E-state index in [0.717, 1.165) is 6.42 Å². The Hall–Kier alpha value is -0.790. The molecule has 28 heavy (non-hydrogen) atoms. The first-order chi connectivity index (χ1) is 13.8. The van der Waals surface area contributed by atoms with Crippen LogP contribution >= 0.6 is 0 Å². The summed E-state index contributed by atoms with van der Waals surface area (Å²) in [4.78, 5) is 4.40. The molecule has 0 saturated carbocycles. The van der Waals surface area contributed by atoms with Crippen molar-refractivity contribution >= 4 is 0 Å². The summed E-state index contributed by atoms with van der Waals surface area (Å²) in [6.45, 7) is 2.30. The van der Waals surface area contributed by atoms with Crippen LogP contribution in [0.2, 0.25) is 0 Å². The first-order valence-corrected chi connectivity index (χ1v) is 12.8. The molecule has 0 atom stereocenters. The fourth-order valence-corrected chi connectivity index (χ4v) is 4.18. The fourth-order valence-electron chi connectivity index (χ4n) is 4.18. The van der Waals surface area contributed by atoms with E-state index in [-0.39, 0.29) is 0 Å². The summed E-state index contributed by atoms with van der Waals surface area (Å²) >= 11 is 0. The number of unbranched alkanes of at least 4 members (excludes halogenated alkanes) is 19. The smallest absolute Gasteiger partial charge is 0.108 e. The van der Waals surface area contributed by atoms with Crippen LogP contribution in [0.1, 0.15) is 141 Å². The quantitative estimate of drug-likeness (QED) is 0.192. The molecular formula is C26H50N2. The summed E-state index contributed by atoms with van der Waals surface area (Å²) < 4.78 is 2.15. The molecule has 1 rings (SSSR count). The van der Waals surface area contributed by atoms with Crippen LogP contribution in [0, 0.1) is 0 Å². The monoisotopic (exact) mass is 390 g/mol. The Labute approximate surface area is 176 Å². The van der Waals surface area contributed by atoms with E-state index in [1.165, 1.54) is 134 Å². The largest absolute Gasteiger partial charge is 0.338 e. The predicted octanol–water partition coefficient (Wildman–Crippen LogP) is 8.78. The molecule has 2 heteroatoms. The number of rotatable bonds is 21. The Balaban J connectivity index is 1.67. The third kappa shape index (κ3) is 15.2. The lowest BCUT2D eigenvalue weighted by Crippen LogP contribution is -1.97. The van der Waals surface area contributed by atoms with Crippen molar-refractivity contribution in [2.24, 2.45) is 7.05 Å². The minimum atomic E-state index is 1.14. The molecule has 0 saturated heterocycles. The first-order valence-electron chi connectivity index (χ1n) is 12.8. The molecule has 0 aromatic carbocycles. The van der Waals surface area contributed by atoms with Crippen LogP contribution in [0.4, 0.5) is 0 Å². The van der Waals surface area contributed by atoms with E-state index < -0.39 is 0 Å². The number of aromatic nitrogens is 2. The number of nitrogens with zero attached hydrogens (tertiary/aromatic N) is 2. The van der Waals surface area contributed by atoms with Gasteiger partial charge in [0.25, 0.3) is 0 Å². The molecule has 164 valence electrons. The highest BCUT2D eigenvalue weighted by Gasteiger charge is 1.99. The van der Waals surface area contributed by atoms with Gasteiger partial charge in [0.2, 0.25) is 0 Å². The van der Waals surface area contributed by atoms with Crippen LogP contribution in [0.25, 0.3) is 0 Å². The van der Waals surface area contributed by atoms with Gasteiger partial charge in [-0.1, -0.05) is 129 Å². The normalized spacial score (nSPS) is 11.4. The summed E-state index contributed by atoms with van der Waals surface area (Å²) in [6.07, 6.45) is 34.0. The van der Waals surface area contributed by atoms with Crippen LogP contribution in [0.5, 0.6) is 0 Å². The van der Waals surface area contributed by atoms with Gasteiger partial charge >= 0.3 is 0 Å². The third-order valence-corrected chi connectivity index (χ3v) is 6.17. The maximum atomic E-state index is 4.40. The Kier molecular flexibility index (Phi) is 17.6. The van der Waals surface area contributed by atoms with Crippen molar-refractivity contribution in [3.05, 3.63) is 18.2 Å². The lowest BCUT2D eigenvalue weighted by molar-refractivity contribution is 0.521. The highest BCUT2D eigenvalue weighted by atomic mass is 15.0. The molecule has 0 bridgehead atoms. The van der Waals surface area contributed by atoms with Crippen molar-refractivity contribution in [3.8, 4) is 0 Å². The molecule has 2 nitrogen and oxygen atoms in total. The van der Waals surface area contributed by atoms with Gasteiger partial charge in [-0.3, -0.25) is 0 Å². The van der Waals surface area contributed by atoms with Crippen LogP contribution in [0.3, 0.4) is 0 Å². The predicted molar refractivity (Wildman–Crippen MR) is 125 cm³/mol. The Morgan fingerprint density at radius 1 is 0.571 bits per heavy atom. The molecule has 0 fully saturated rings. The lowest BCUT2D eigenvalue weighted by atomic mass is 10.0. The highest BCUT2D eigenvalue weighted by Crippen LogP contribution is 2.15. The van der Waals surface area contributed by atoms with Crippen LogP contribution < -0.4 is 0 Å². The molecule has 0 N–H and O–H groups in total. The Morgan fingerprint density at radius 2 is 0.929 bits per heavy atom. The van der Waals surface area contributed by atoms with Gasteiger partial charge in [-0.25, -0.2) is 4.98 Å². The molecule has 0 aliphatic rings. The lowest BCUT2D eigenvalue weighted by Gasteiger charge is -2.04. The van der Waals surface area contributed by atoms with Crippen molar-refractivity contribution in [1.82, 2.24) is 9.55 Å². The standard InChI is InChI=1S/C26H50N2/c1-3-4-5-6-7-8-9-10-11-12-13-14-15-16-17-18-19-20-21-22-23-26-27-24-25-28(26)2/h24-25H,3-23H2,1-2H3. The van der Waals surface area contributed by atoms with Crippen molar-refractivity contribution in [2.45, 2.75) is 142 Å². The molecule has 0 aliphatic heterocycles. The Morgan fingerprint density at radius 3 is 1.25 bits per heavy atom. The maximum absolute atomic E-state index is 4.40. The van der Waals surface area contributed by atoms with Crippen LogP contribution in [-0.4, -0.2) is 9.55 Å². The van der Waals surface area contributed by atoms with E-state index in [0.29, 0.717) is 0 Å². The molecule has 1 heterocycles. The molecular weight excluding hydrogens is 340 g/mol. The second-order valence-electron chi connectivity index (χ2n) is 8.92. The average molecular weight is 391 g/mol. The van der Waals surface area contributed by atoms with Gasteiger partial charge in [-0.2, -0.15) is 0 Å². The van der Waals surface area contributed by atoms with Gasteiger partial charge < -0.3 is 4.57 Å². The highest BCUT2D eigenvalue weighted by molar-refractivity contribution is 4.90. The van der Waals surface area contributed by atoms with Gasteiger partial charge in [0.15, 0.2) is 0 Å². The van der Waals surface area contributed by atoms with Crippen LogP contribution in [-0.2, 0) is 13.5 Å². The summed E-state index contributed by atoms with van der Waals surface area (Å²) in [5, 5.41) is 0. The van der Waals surface area contributed by atoms with E-state index >= 15 is 0 Å². The van der Waals surface area contributed by atoms with Crippen LogP contribution in [0.15, 0.2) is 12.4 Å². The summed E-state index contributed by atoms with van der Waals surface area (Å²) in [5.41, 5.74) is 0. The van der Waals surface area contributed by atoms with E-state index in [4.69, 9.17) is 0 Å². The minimum Gasteiger partial charge on any atom is -0.338 e. The minimum absolute atomic E-state index is 1.14. The SMILES string of the molecule is CCCCCCCCCCCCCCCCCCCCCCc1nccn1C. The zero-order chi connectivity index (χ0) is 20.1. The molecule has 0 aliphatic carbocycles. The number of aryl methyl sites for hydroxylation is 2. The van der Waals surface area contributed by atoms with Gasteiger partial charge in [-0.05, 0) is 6.42 Å². The first kappa shape index (κ1) is 25.2. The number of hydrogen-bond donors (Lipinski definition) is 0. The van der Waals surface area contributed by atoms with Gasteiger partial charge in [0.1, 0.15) is 5.82 Å². The van der Waals surface area contributed by atoms with Gasteiger partial charge in [-0.15, -0.1) is 0 Å². The number of imidazole rings is 1. The maximum Gasteiger partial charge on any atom is 0.108 e. The summed E-state index contributed by atoms with van der Waals surface area (Å²) in [7, 11) is 2.10. The topological polar surface area (TPSA) is 17.8 Å². The second-order valence-corrected chi connectivity index (χ2v) is 8.92. The van der Waals surface area contributed by atoms with Gasteiger partial charge in [0.05, 0.1) is 0 Å². The summed E-state index contributed by atoms with van der Waals surface area (Å²) in [5.74, 6) is 1.24. The summed E-state index contributed by atoms with van der Waals surface area (Å²) in [6, 6.07) is 0. The number of hydrogen-bond acceptors (Lipinski definition) is 1. The molecule has 0 radical (unpaired) electrons. The van der Waals surface area contributed by atoms with E-state index in [1.807, 2.05) is 12.4 Å². The van der Waals surface area contributed by atoms with E-state index in [9.17, 15) is 0 Å². The second kappa shape index (κ2) is 19.5. The van der Waals surface area contributed by atoms with Crippen molar-refractivity contribution in [3.63, 3.8) is 0 Å². The molecule has 1 aromatic heterocycles. The zero-order valence-electron chi connectivity index (χ0n) is 19.4. The zero-order valence-corrected chi connectivity index (χ0v) is 19.4. The molecule has 1 aromatic rings. The molecule has 0 unspecified atom stereocenters. The third-order valence-electron chi connectivity index (χ3n) is 6.17. The van der Waals surface area contributed by atoms with Crippen molar-refractivity contribution < 1.29 is 0 Å². The fraction of sp³-hybridized carbons (Fsp3) is 0.885. The molecule has 0 amide bonds. The van der Waals surface area contributed by atoms with E-state index in [2.05, 4.69) is 23.5 Å². The van der Waals surface area contributed by atoms with Gasteiger partial charge in [0, 0.05) is 25.9 Å². The average Bonchev–Trinajstić information content (AvgIpc) is 3.11. The van der Waals surface area contributed by atoms with Crippen molar-refractivity contribution in [2.75, 3.05) is 0 Å². The molecule has 0 spiro atoms. The van der Waals surface area contributed by atoms with E-state index in [1.54, 1.807) is 0 Å².